The zero-order chi connectivity index (χ0) is 16.9. The van der Waals surface area contributed by atoms with Crippen LogP contribution in [0.5, 0.6) is 0 Å². The van der Waals surface area contributed by atoms with Gasteiger partial charge in [0.1, 0.15) is 0 Å². The first-order chi connectivity index (χ1) is 11.6. The molecule has 0 saturated carbocycles. The number of rotatable bonds is 5. The lowest BCUT2D eigenvalue weighted by atomic mass is 10.1. The summed E-state index contributed by atoms with van der Waals surface area (Å²) in [5.41, 5.74) is 0.706. The number of ether oxygens (including phenoxy) is 1. The highest BCUT2D eigenvalue weighted by Crippen LogP contribution is 2.17. The summed E-state index contributed by atoms with van der Waals surface area (Å²) in [6.07, 6.45) is 1.60. The van der Waals surface area contributed by atoms with Crippen LogP contribution in [0.1, 0.15) is 12.0 Å². The van der Waals surface area contributed by atoms with Gasteiger partial charge in [-0.15, -0.1) is 0 Å². The predicted octanol–water partition coefficient (Wildman–Crippen LogP) is 3.04. The Morgan fingerprint density at radius 3 is 2.88 bits per heavy atom. The fourth-order valence-corrected chi connectivity index (χ4v) is 2.92. The number of carbonyl (C=O) groups is 1. The monoisotopic (exact) mass is 461 g/mol. The minimum absolute atomic E-state index is 0.105. The molecule has 0 spiro atoms. The number of nitrogens with one attached hydrogen (secondary N) is 1. The number of anilines is 1. The van der Waals surface area contributed by atoms with Crippen molar-refractivity contribution in [3.05, 3.63) is 44.7 Å². The number of aromatic nitrogens is 1. The molecule has 1 fully saturated rings. The van der Waals surface area contributed by atoms with E-state index in [4.69, 9.17) is 9.57 Å². The van der Waals surface area contributed by atoms with Crippen LogP contribution < -0.4 is 5.32 Å². The Kier molecular flexibility index (Phi) is 5.74. The highest BCUT2D eigenvalue weighted by Gasteiger charge is 2.21. The van der Waals surface area contributed by atoms with Crippen LogP contribution in [0.3, 0.4) is 0 Å². The topological polar surface area (TPSA) is 72.8 Å². The Bertz CT molecular complexity index is 745. The van der Waals surface area contributed by atoms with Gasteiger partial charge in [-0.3, -0.25) is 10.1 Å². The highest BCUT2D eigenvalue weighted by molar-refractivity contribution is 14.1. The van der Waals surface area contributed by atoms with E-state index in [1.807, 2.05) is 12.1 Å². The van der Waals surface area contributed by atoms with Crippen LogP contribution in [-0.4, -0.2) is 35.9 Å². The Morgan fingerprint density at radius 2 is 2.25 bits per heavy atom. The van der Waals surface area contributed by atoms with Crippen molar-refractivity contribution in [1.29, 1.82) is 0 Å². The van der Waals surface area contributed by atoms with Crippen LogP contribution in [0.25, 0.3) is 0 Å². The average Bonchev–Trinajstić information content (AvgIpc) is 3.21. The summed E-state index contributed by atoms with van der Waals surface area (Å²) >= 11 is 2.92. The van der Waals surface area contributed by atoms with Crippen LogP contribution in [0, 0.1) is 8.70 Å². The number of benzene rings is 1. The van der Waals surface area contributed by atoms with Crippen LogP contribution in [-0.2, 0) is 14.4 Å². The maximum absolute atomic E-state index is 13.0. The van der Waals surface area contributed by atoms with Crippen molar-refractivity contribution in [3.63, 3.8) is 0 Å². The number of oxime groups is 1. The standard InChI is InChI=1S/C15H13FIN3O3S/c16-12-7-18-15(24-12)19-14(21)13(9-1-3-10(17)4-2-9)20-23-11-5-6-22-8-11/h1-4,7,11H,5-6,8H2,(H,18,19,21)/b20-13+/t11-/m1/s1. The summed E-state index contributed by atoms with van der Waals surface area (Å²) in [6.45, 7) is 1.06. The molecule has 1 N–H and O–H groups in total. The second-order valence-electron chi connectivity index (χ2n) is 4.96. The summed E-state index contributed by atoms with van der Waals surface area (Å²) in [5.74, 6) is -0.510. The number of nitrogens with zero attached hydrogens (tertiary/aromatic N) is 2. The molecule has 1 amide bonds. The highest BCUT2D eigenvalue weighted by atomic mass is 127. The minimum atomic E-state index is -0.510. The Labute approximate surface area is 155 Å². The summed E-state index contributed by atoms with van der Waals surface area (Å²) < 4.78 is 19.3. The van der Waals surface area contributed by atoms with E-state index in [0.717, 1.165) is 27.5 Å². The fraction of sp³-hybridized carbons (Fsp3) is 0.267. The summed E-state index contributed by atoms with van der Waals surface area (Å²) in [4.78, 5) is 21.7. The van der Waals surface area contributed by atoms with E-state index in [1.54, 1.807) is 12.1 Å². The van der Waals surface area contributed by atoms with Gasteiger partial charge in [0.05, 0.1) is 19.4 Å². The first kappa shape index (κ1) is 17.2. The fourth-order valence-electron chi connectivity index (χ4n) is 2.02. The number of hydrogen-bond acceptors (Lipinski definition) is 6. The van der Waals surface area contributed by atoms with Crippen molar-refractivity contribution in [2.24, 2.45) is 5.16 Å². The van der Waals surface area contributed by atoms with Gasteiger partial charge in [0, 0.05) is 15.6 Å². The van der Waals surface area contributed by atoms with Crippen molar-refractivity contribution >= 4 is 50.7 Å². The molecule has 2 aromatic rings. The molecule has 1 aromatic carbocycles. The maximum Gasteiger partial charge on any atom is 0.280 e. The zero-order valence-corrected chi connectivity index (χ0v) is 15.3. The molecule has 0 bridgehead atoms. The Hall–Kier alpha value is -1.59. The van der Waals surface area contributed by atoms with Crippen molar-refractivity contribution in [3.8, 4) is 0 Å². The first-order valence-corrected chi connectivity index (χ1v) is 9.01. The number of amides is 1. The normalized spacial score (nSPS) is 17.8. The smallest absolute Gasteiger partial charge is 0.280 e. The molecule has 1 aliphatic rings. The molecule has 3 rings (SSSR count). The lowest BCUT2D eigenvalue weighted by Gasteiger charge is -2.09. The molecule has 1 atom stereocenters. The van der Waals surface area contributed by atoms with Crippen molar-refractivity contribution < 1.29 is 18.8 Å². The van der Waals surface area contributed by atoms with Gasteiger partial charge in [-0.1, -0.05) is 28.6 Å². The molecule has 0 unspecified atom stereocenters. The van der Waals surface area contributed by atoms with Gasteiger partial charge in [0.2, 0.25) is 0 Å². The summed E-state index contributed by atoms with van der Waals surface area (Å²) in [7, 11) is 0. The van der Waals surface area contributed by atoms with Crippen molar-refractivity contribution in [1.82, 2.24) is 4.98 Å². The van der Waals surface area contributed by atoms with Gasteiger partial charge < -0.3 is 9.57 Å². The van der Waals surface area contributed by atoms with E-state index in [1.165, 1.54) is 0 Å². The molecule has 0 radical (unpaired) electrons. The van der Waals surface area contributed by atoms with E-state index < -0.39 is 11.0 Å². The third kappa shape index (κ3) is 4.48. The van der Waals surface area contributed by atoms with Crippen LogP contribution in [0.4, 0.5) is 9.52 Å². The number of thiazole rings is 1. The molecule has 1 aromatic heterocycles. The summed E-state index contributed by atoms with van der Waals surface area (Å²) in [6, 6.07) is 7.27. The summed E-state index contributed by atoms with van der Waals surface area (Å²) in [5, 5.41) is 6.24. The van der Waals surface area contributed by atoms with Gasteiger partial charge in [-0.05, 0) is 34.7 Å². The number of carbonyl (C=O) groups excluding carboxylic acids is 1. The molecule has 1 aliphatic heterocycles. The molecular weight excluding hydrogens is 448 g/mol. The van der Waals surface area contributed by atoms with Gasteiger partial charge >= 0.3 is 0 Å². The quantitative estimate of drug-likeness (QED) is 0.422. The molecule has 2 heterocycles. The van der Waals surface area contributed by atoms with Gasteiger partial charge in [0.15, 0.2) is 22.1 Å². The number of halogens is 2. The van der Waals surface area contributed by atoms with Gasteiger partial charge in [0.25, 0.3) is 5.91 Å². The lowest BCUT2D eigenvalue weighted by Crippen LogP contribution is -2.25. The number of hydrogen-bond donors (Lipinski definition) is 1. The second kappa shape index (κ2) is 7.99. The first-order valence-electron chi connectivity index (χ1n) is 7.12. The zero-order valence-electron chi connectivity index (χ0n) is 12.4. The predicted molar refractivity (Wildman–Crippen MR) is 96.7 cm³/mol. The molecule has 0 aliphatic carbocycles. The molecule has 6 nitrogen and oxygen atoms in total. The van der Waals surface area contributed by atoms with E-state index >= 15 is 0 Å². The molecule has 9 heteroatoms. The van der Waals surface area contributed by atoms with E-state index in [0.29, 0.717) is 18.8 Å². The lowest BCUT2D eigenvalue weighted by molar-refractivity contribution is -0.110. The molecule has 24 heavy (non-hydrogen) atoms. The van der Waals surface area contributed by atoms with E-state index in [9.17, 15) is 9.18 Å². The maximum atomic E-state index is 13.0. The van der Waals surface area contributed by atoms with Gasteiger partial charge in [-0.2, -0.15) is 4.39 Å². The van der Waals surface area contributed by atoms with Crippen LogP contribution >= 0.6 is 33.9 Å². The van der Waals surface area contributed by atoms with E-state index in [2.05, 4.69) is 38.0 Å². The molecular formula is C15H13FIN3O3S. The average molecular weight is 461 g/mol. The third-order valence-corrected chi connectivity index (χ3v) is 4.63. The van der Waals surface area contributed by atoms with Crippen molar-refractivity contribution in [2.45, 2.75) is 12.5 Å². The Balaban J connectivity index is 1.81. The third-order valence-electron chi connectivity index (χ3n) is 3.21. The van der Waals surface area contributed by atoms with Crippen LogP contribution in [0.2, 0.25) is 0 Å². The Morgan fingerprint density at radius 1 is 1.46 bits per heavy atom. The largest absolute Gasteiger partial charge is 0.389 e. The molecule has 126 valence electrons. The minimum Gasteiger partial charge on any atom is -0.389 e. The second-order valence-corrected chi connectivity index (χ2v) is 7.19. The van der Waals surface area contributed by atoms with Crippen molar-refractivity contribution in [2.75, 3.05) is 18.5 Å². The van der Waals surface area contributed by atoms with E-state index in [-0.39, 0.29) is 16.9 Å². The SMILES string of the molecule is O=C(Nc1ncc(F)s1)/C(=N/O[C@@H]1CCOC1)c1ccc(I)cc1. The molecule has 1 saturated heterocycles. The van der Waals surface area contributed by atoms with Gasteiger partial charge in [-0.25, -0.2) is 4.98 Å². The van der Waals surface area contributed by atoms with Crippen LogP contribution in [0.15, 0.2) is 35.6 Å².